The Hall–Kier alpha value is -2.34. The van der Waals surface area contributed by atoms with Gasteiger partial charge in [0.05, 0.1) is 10.6 Å². The molecule has 1 aliphatic rings. The molecule has 0 radical (unpaired) electrons. The highest BCUT2D eigenvalue weighted by Crippen LogP contribution is 2.27. The third kappa shape index (κ3) is 4.38. The number of benzene rings is 2. The Balaban J connectivity index is 1.93. The molecular formula is C22H28N2O3S. The van der Waals surface area contributed by atoms with Gasteiger partial charge in [0.2, 0.25) is 5.91 Å². The van der Waals surface area contributed by atoms with Gasteiger partial charge in [-0.1, -0.05) is 55.7 Å². The minimum atomic E-state index is -3.85. The lowest BCUT2D eigenvalue weighted by Gasteiger charge is -2.33. The van der Waals surface area contributed by atoms with Crippen LogP contribution in [0.5, 0.6) is 0 Å². The summed E-state index contributed by atoms with van der Waals surface area (Å²) in [4.78, 5) is 15.0. The van der Waals surface area contributed by atoms with E-state index in [2.05, 4.69) is 0 Å². The number of rotatable bonds is 6. The lowest BCUT2D eigenvalue weighted by atomic mass is 9.94. The van der Waals surface area contributed by atoms with Crippen LogP contribution < -0.4 is 4.31 Å². The van der Waals surface area contributed by atoms with Crippen LogP contribution in [0.3, 0.4) is 0 Å². The summed E-state index contributed by atoms with van der Waals surface area (Å²) in [6, 6.07) is 15.8. The Bertz CT molecular complexity index is 906. The molecule has 0 aromatic heterocycles. The fourth-order valence-electron chi connectivity index (χ4n) is 3.77. The molecule has 2 aromatic rings. The molecule has 0 atom stereocenters. The van der Waals surface area contributed by atoms with E-state index in [9.17, 15) is 13.2 Å². The Morgan fingerprint density at radius 2 is 1.57 bits per heavy atom. The average molecular weight is 401 g/mol. The summed E-state index contributed by atoms with van der Waals surface area (Å²) < 4.78 is 28.0. The Kier molecular flexibility index (Phi) is 6.39. The third-order valence-corrected chi connectivity index (χ3v) is 7.28. The smallest absolute Gasteiger partial charge is 0.264 e. The van der Waals surface area contributed by atoms with E-state index in [1.54, 1.807) is 54.4 Å². The predicted octanol–water partition coefficient (Wildman–Crippen LogP) is 3.98. The number of hydrogen-bond acceptors (Lipinski definition) is 3. The molecule has 1 amide bonds. The molecule has 0 unspecified atom stereocenters. The average Bonchev–Trinajstić information content (AvgIpc) is 2.73. The van der Waals surface area contributed by atoms with Crippen molar-refractivity contribution in [3.05, 3.63) is 60.2 Å². The number of sulfonamides is 1. The van der Waals surface area contributed by atoms with Crippen molar-refractivity contribution in [2.75, 3.05) is 17.9 Å². The molecular weight excluding hydrogens is 372 g/mol. The molecule has 0 spiro atoms. The minimum Gasteiger partial charge on any atom is -0.341 e. The number of nitrogens with zero attached hydrogens (tertiary/aromatic N) is 2. The summed E-state index contributed by atoms with van der Waals surface area (Å²) in [5.41, 5.74) is 1.35. The van der Waals surface area contributed by atoms with Gasteiger partial charge in [-0.15, -0.1) is 0 Å². The molecule has 0 saturated heterocycles. The van der Waals surface area contributed by atoms with Gasteiger partial charge in [-0.25, -0.2) is 8.42 Å². The molecule has 150 valence electrons. The number of hydrogen-bond donors (Lipinski definition) is 0. The van der Waals surface area contributed by atoms with Crippen LogP contribution in [0.25, 0.3) is 0 Å². The minimum absolute atomic E-state index is 0.172. The van der Waals surface area contributed by atoms with Gasteiger partial charge in [0.25, 0.3) is 10.0 Å². The maximum atomic E-state index is 13.4. The molecule has 2 aromatic carbocycles. The van der Waals surface area contributed by atoms with Gasteiger partial charge in [-0.05, 0) is 43.5 Å². The van der Waals surface area contributed by atoms with Crippen molar-refractivity contribution in [2.45, 2.75) is 50.0 Å². The van der Waals surface area contributed by atoms with E-state index >= 15 is 0 Å². The van der Waals surface area contributed by atoms with E-state index in [4.69, 9.17) is 0 Å². The van der Waals surface area contributed by atoms with E-state index in [1.807, 2.05) is 19.1 Å². The fourth-order valence-corrected chi connectivity index (χ4v) is 5.27. The number of anilines is 1. The molecule has 0 aliphatic heterocycles. The third-order valence-electron chi connectivity index (χ3n) is 5.51. The maximum Gasteiger partial charge on any atom is 0.264 e. The maximum absolute atomic E-state index is 13.4. The van der Waals surface area contributed by atoms with Crippen LogP contribution >= 0.6 is 0 Å². The Morgan fingerprint density at radius 1 is 0.964 bits per heavy atom. The van der Waals surface area contributed by atoms with Crippen molar-refractivity contribution in [3.8, 4) is 0 Å². The van der Waals surface area contributed by atoms with Crippen LogP contribution in [0, 0.1) is 6.92 Å². The SMILES string of the molecule is Cc1ccccc1N(CC(=O)N(C)C1CCCCC1)S(=O)(=O)c1ccccc1. The summed E-state index contributed by atoms with van der Waals surface area (Å²) in [7, 11) is -2.05. The van der Waals surface area contributed by atoms with Crippen LogP contribution in [-0.4, -0.2) is 38.9 Å². The molecule has 5 nitrogen and oxygen atoms in total. The van der Waals surface area contributed by atoms with Crippen molar-refractivity contribution < 1.29 is 13.2 Å². The monoisotopic (exact) mass is 400 g/mol. The quantitative estimate of drug-likeness (QED) is 0.737. The Labute approximate surface area is 168 Å². The molecule has 0 bridgehead atoms. The first-order valence-electron chi connectivity index (χ1n) is 9.80. The lowest BCUT2D eigenvalue weighted by Crippen LogP contribution is -2.46. The first kappa shape index (κ1) is 20.4. The summed E-state index contributed by atoms with van der Waals surface area (Å²) in [6.45, 7) is 1.66. The van der Waals surface area contributed by atoms with Gasteiger partial charge in [0, 0.05) is 13.1 Å². The number of amides is 1. The molecule has 1 saturated carbocycles. The van der Waals surface area contributed by atoms with Crippen molar-refractivity contribution in [1.29, 1.82) is 0 Å². The summed E-state index contributed by atoms with van der Waals surface area (Å²) in [5, 5.41) is 0. The van der Waals surface area contributed by atoms with Crippen molar-refractivity contribution >= 4 is 21.6 Å². The molecule has 28 heavy (non-hydrogen) atoms. The lowest BCUT2D eigenvalue weighted by molar-refractivity contribution is -0.130. The molecule has 1 aliphatic carbocycles. The molecule has 3 rings (SSSR count). The first-order valence-corrected chi connectivity index (χ1v) is 11.2. The van der Waals surface area contributed by atoms with Crippen LogP contribution in [0.1, 0.15) is 37.7 Å². The van der Waals surface area contributed by atoms with Gasteiger partial charge in [-0.2, -0.15) is 0 Å². The van der Waals surface area contributed by atoms with Crippen LogP contribution in [-0.2, 0) is 14.8 Å². The second-order valence-corrected chi connectivity index (χ2v) is 9.27. The molecule has 0 N–H and O–H groups in total. The van der Waals surface area contributed by atoms with E-state index in [1.165, 1.54) is 10.7 Å². The normalized spacial score (nSPS) is 15.2. The molecule has 1 fully saturated rings. The van der Waals surface area contributed by atoms with E-state index in [0.29, 0.717) is 5.69 Å². The van der Waals surface area contributed by atoms with E-state index < -0.39 is 10.0 Å². The highest BCUT2D eigenvalue weighted by Gasteiger charge is 2.31. The van der Waals surface area contributed by atoms with Crippen LogP contribution in [0.2, 0.25) is 0 Å². The standard InChI is InChI=1S/C22H28N2O3S/c1-18-11-9-10-16-21(18)24(28(26,27)20-14-7-4-8-15-20)17-22(25)23(2)19-12-5-3-6-13-19/h4,7-11,14-16,19H,3,5-6,12-13,17H2,1-2H3. The van der Waals surface area contributed by atoms with Gasteiger partial charge in [0.1, 0.15) is 6.54 Å². The van der Waals surface area contributed by atoms with Crippen LogP contribution in [0.4, 0.5) is 5.69 Å². The topological polar surface area (TPSA) is 57.7 Å². The van der Waals surface area contributed by atoms with Gasteiger partial charge in [-0.3, -0.25) is 9.10 Å². The summed E-state index contributed by atoms with van der Waals surface area (Å²) in [5.74, 6) is -0.172. The summed E-state index contributed by atoms with van der Waals surface area (Å²) >= 11 is 0. The second kappa shape index (κ2) is 8.78. The zero-order valence-electron chi connectivity index (χ0n) is 16.5. The van der Waals surface area contributed by atoms with Gasteiger partial charge < -0.3 is 4.90 Å². The predicted molar refractivity (Wildman–Crippen MR) is 112 cm³/mol. The van der Waals surface area contributed by atoms with Crippen molar-refractivity contribution in [1.82, 2.24) is 4.90 Å². The zero-order chi connectivity index (χ0) is 20.1. The van der Waals surface area contributed by atoms with Gasteiger partial charge >= 0.3 is 0 Å². The van der Waals surface area contributed by atoms with Crippen LogP contribution in [0.15, 0.2) is 59.5 Å². The van der Waals surface area contributed by atoms with Crippen molar-refractivity contribution in [3.63, 3.8) is 0 Å². The Morgan fingerprint density at radius 3 is 2.21 bits per heavy atom. The number of carbonyl (C=O) groups is 1. The molecule has 0 heterocycles. The fraction of sp³-hybridized carbons (Fsp3) is 0.409. The van der Waals surface area contributed by atoms with Crippen molar-refractivity contribution in [2.24, 2.45) is 0 Å². The first-order chi connectivity index (χ1) is 13.4. The number of carbonyl (C=O) groups excluding carboxylic acids is 1. The highest BCUT2D eigenvalue weighted by molar-refractivity contribution is 7.92. The highest BCUT2D eigenvalue weighted by atomic mass is 32.2. The second-order valence-electron chi connectivity index (χ2n) is 7.41. The van der Waals surface area contributed by atoms with E-state index in [0.717, 1.165) is 31.2 Å². The zero-order valence-corrected chi connectivity index (χ0v) is 17.4. The number of para-hydroxylation sites is 1. The molecule has 6 heteroatoms. The summed E-state index contributed by atoms with van der Waals surface area (Å²) in [6.07, 6.45) is 5.41. The number of likely N-dealkylation sites (N-methyl/N-ethyl adjacent to an activating group) is 1. The number of aryl methyl sites for hydroxylation is 1. The largest absolute Gasteiger partial charge is 0.341 e. The van der Waals surface area contributed by atoms with E-state index in [-0.39, 0.29) is 23.4 Å². The van der Waals surface area contributed by atoms with Gasteiger partial charge in [0.15, 0.2) is 0 Å².